The fourth-order valence-corrected chi connectivity index (χ4v) is 10.8. The fraction of sp³-hybridized carbons (Fsp3) is 0.697. The van der Waals surface area contributed by atoms with Crippen LogP contribution in [0.3, 0.4) is 0 Å². The number of Topliss-reactive ketones (excluding diaryl/α,β-unsaturated/α-hetero) is 1. The Balaban J connectivity index is 1.60. The number of rotatable bonds is 1. The fourth-order valence-electron chi connectivity index (χ4n) is 10.8. The molecule has 2 bridgehead atoms. The van der Waals surface area contributed by atoms with E-state index in [9.17, 15) is 14.4 Å². The molecule has 5 aliphatic carbocycles. The average Bonchev–Trinajstić information content (AvgIpc) is 3.07. The highest BCUT2D eigenvalue weighted by Gasteiger charge is 2.81. The third-order valence-electron chi connectivity index (χ3n) is 13.2. The van der Waals surface area contributed by atoms with Crippen molar-refractivity contribution in [1.82, 2.24) is 5.32 Å². The van der Waals surface area contributed by atoms with Crippen LogP contribution in [0.5, 0.6) is 0 Å². The Morgan fingerprint density at radius 1 is 1.05 bits per heavy atom. The number of carbonyl (C=O) groups is 3. The van der Waals surface area contributed by atoms with Crippen LogP contribution in [0.1, 0.15) is 86.5 Å². The molecule has 6 aliphatic rings. The summed E-state index contributed by atoms with van der Waals surface area (Å²) in [4.78, 5) is 45.2. The lowest BCUT2D eigenvalue weighted by atomic mass is 9.33. The zero-order chi connectivity index (χ0) is 28.6. The SMILES string of the molecule is [C-]#[N+]C1=C[C@]2(C)C3=CC(=O)[C@]45OC(=C)[C@@]6(CCC(C)(C)C[C@H]64)CC[C@@]5(C)[C@]3(C)CC[C@H]2[C@](C)(C(=O)NC)C1=O. The summed E-state index contributed by atoms with van der Waals surface area (Å²) in [6.45, 7) is 25.1. The van der Waals surface area contributed by atoms with Crippen molar-refractivity contribution >= 4 is 17.5 Å². The highest BCUT2D eigenvalue weighted by atomic mass is 16.5. The number of nitrogens with zero attached hydrogens (tertiary/aromatic N) is 1. The second-order valence-corrected chi connectivity index (χ2v) is 15.1. The molecule has 1 saturated heterocycles. The van der Waals surface area contributed by atoms with Crippen LogP contribution in [0.15, 0.2) is 35.8 Å². The van der Waals surface area contributed by atoms with E-state index in [1.165, 1.54) is 0 Å². The van der Waals surface area contributed by atoms with Crippen LogP contribution in [0.25, 0.3) is 4.85 Å². The molecule has 1 N–H and O–H groups in total. The number of amides is 1. The molecule has 6 heteroatoms. The maximum Gasteiger partial charge on any atom is 0.232 e. The number of fused-ring (bicyclic) bond motifs is 4. The van der Waals surface area contributed by atoms with Crippen LogP contribution in [0.4, 0.5) is 0 Å². The summed E-state index contributed by atoms with van der Waals surface area (Å²) >= 11 is 0. The minimum atomic E-state index is -1.38. The van der Waals surface area contributed by atoms with E-state index < -0.39 is 33.0 Å². The standard InChI is InChI=1S/C33H42N2O4/c1-19-32-14-12-27(2,3)18-23(32)33(39-19)24(36)16-22-28(4)17-20(34-8)25(37)31(7,26(38)35-9)21(28)10-11-29(22,5)30(33,6)13-15-32/h16-17,21,23H,1,10-15,18H2,2-7,9H3,(H,35,38)/t21-,23-,28+,29-,30+,31+,32-,33-/m1/s1. The van der Waals surface area contributed by atoms with E-state index in [1.807, 2.05) is 13.0 Å². The van der Waals surface area contributed by atoms with Gasteiger partial charge in [0.15, 0.2) is 17.2 Å². The van der Waals surface area contributed by atoms with Crippen molar-refractivity contribution < 1.29 is 19.1 Å². The smallest absolute Gasteiger partial charge is 0.232 e. The minimum absolute atomic E-state index is 0.00100. The Hall–Kier alpha value is -2.68. The predicted octanol–water partition coefficient (Wildman–Crippen LogP) is 5.95. The number of allylic oxidation sites excluding steroid dienone is 4. The van der Waals surface area contributed by atoms with Gasteiger partial charge in [0, 0.05) is 29.2 Å². The van der Waals surface area contributed by atoms with Gasteiger partial charge < -0.3 is 14.8 Å². The van der Waals surface area contributed by atoms with Gasteiger partial charge in [-0.05, 0) is 74.7 Å². The Morgan fingerprint density at radius 3 is 2.36 bits per heavy atom. The lowest BCUT2D eigenvalue weighted by molar-refractivity contribution is -0.203. The molecule has 3 saturated carbocycles. The van der Waals surface area contributed by atoms with Crippen LogP contribution in [0, 0.1) is 50.9 Å². The molecule has 4 fully saturated rings. The van der Waals surface area contributed by atoms with Gasteiger partial charge >= 0.3 is 0 Å². The summed E-state index contributed by atoms with van der Waals surface area (Å²) < 4.78 is 6.89. The van der Waals surface area contributed by atoms with Crippen molar-refractivity contribution in [3.05, 3.63) is 47.2 Å². The van der Waals surface area contributed by atoms with Gasteiger partial charge in [-0.25, -0.2) is 4.85 Å². The number of hydrogen-bond donors (Lipinski definition) is 1. The predicted molar refractivity (Wildman–Crippen MR) is 148 cm³/mol. The Kier molecular flexibility index (Phi) is 4.99. The Labute approximate surface area is 232 Å². The van der Waals surface area contributed by atoms with E-state index in [0.29, 0.717) is 6.42 Å². The quantitative estimate of drug-likeness (QED) is 0.336. The highest BCUT2D eigenvalue weighted by molar-refractivity contribution is 6.15. The molecule has 0 radical (unpaired) electrons. The molecule has 0 aromatic carbocycles. The van der Waals surface area contributed by atoms with E-state index in [-0.39, 0.29) is 40.1 Å². The van der Waals surface area contributed by atoms with E-state index in [1.54, 1.807) is 20.0 Å². The van der Waals surface area contributed by atoms with Crippen molar-refractivity contribution in [2.24, 2.45) is 44.3 Å². The number of nitrogens with one attached hydrogen (secondary N) is 1. The van der Waals surface area contributed by atoms with Crippen molar-refractivity contribution in [2.75, 3.05) is 7.05 Å². The molecule has 6 rings (SSSR count). The minimum Gasteiger partial charge on any atom is -0.483 e. The van der Waals surface area contributed by atoms with Gasteiger partial charge in [-0.3, -0.25) is 9.59 Å². The molecule has 1 spiro atoms. The summed E-state index contributed by atoms with van der Waals surface area (Å²) in [6.07, 6.45) is 9.83. The van der Waals surface area contributed by atoms with Gasteiger partial charge in [0.25, 0.3) is 0 Å². The first kappa shape index (κ1) is 26.5. The van der Waals surface area contributed by atoms with Crippen LogP contribution >= 0.6 is 0 Å². The summed E-state index contributed by atoms with van der Waals surface area (Å²) in [7, 11) is 1.54. The van der Waals surface area contributed by atoms with Crippen LogP contribution in [0.2, 0.25) is 0 Å². The van der Waals surface area contributed by atoms with Crippen LogP contribution < -0.4 is 5.32 Å². The molecule has 0 aromatic heterocycles. The van der Waals surface area contributed by atoms with E-state index >= 15 is 0 Å². The molecular formula is C33H42N2O4. The molecule has 1 amide bonds. The van der Waals surface area contributed by atoms with Crippen molar-refractivity contribution in [1.29, 1.82) is 0 Å². The first-order valence-corrected chi connectivity index (χ1v) is 14.6. The van der Waals surface area contributed by atoms with Crippen molar-refractivity contribution in [3.63, 3.8) is 0 Å². The highest BCUT2D eigenvalue weighted by Crippen LogP contribution is 2.80. The Morgan fingerprint density at radius 2 is 1.72 bits per heavy atom. The molecule has 6 nitrogen and oxygen atoms in total. The van der Waals surface area contributed by atoms with Gasteiger partial charge in [-0.15, -0.1) is 0 Å². The molecule has 8 atom stereocenters. The summed E-state index contributed by atoms with van der Waals surface area (Å²) in [5.41, 5.74) is -3.14. The third-order valence-corrected chi connectivity index (χ3v) is 13.2. The third kappa shape index (κ3) is 2.62. The zero-order valence-corrected chi connectivity index (χ0v) is 24.5. The lowest BCUT2D eigenvalue weighted by Gasteiger charge is -2.69. The van der Waals surface area contributed by atoms with Crippen molar-refractivity contribution in [2.45, 2.75) is 92.1 Å². The maximum atomic E-state index is 14.7. The maximum absolute atomic E-state index is 14.7. The molecule has 0 aromatic rings. The van der Waals surface area contributed by atoms with E-state index in [0.717, 1.165) is 49.9 Å². The molecular weight excluding hydrogens is 488 g/mol. The summed E-state index contributed by atoms with van der Waals surface area (Å²) in [5.74, 6) is -0.272. The largest absolute Gasteiger partial charge is 0.483 e. The summed E-state index contributed by atoms with van der Waals surface area (Å²) in [6, 6.07) is 0. The Bertz CT molecular complexity index is 1370. The number of ether oxygens (including phenoxy) is 1. The van der Waals surface area contributed by atoms with Gasteiger partial charge in [0.2, 0.25) is 11.6 Å². The molecule has 39 heavy (non-hydrogen) atoms. The van der Waals surface area contributed by atoms with Gasteiger partial charge in [0.1, 0.15) is 5.41 Å². The van der Waals surface area contributed by atoms with Crippen LogP contribution in [-0.4, -0.2) is 30.1 Å². The van der Waals surface area contributed by atoms with Gasteiger partial charge in [-0.2, -0.15) is 0 Å². The topological polar surface area (TPSA) is 76.8 Å². The monoisotopic (exact) mass is 530 g/mol. The molecule has 0 unspecified atom stereocenters. The first-order valence-electron chi connectivity index (χ1n) is 14.6. The number of ketones is 2. The molecule has 1 heterocycles. The lowest BCUT2D eigenvalue weighted by Crippen LogP contribution is -2.72. The normalized spacial score (nSPS) is 49.2. The average molecular weight is 531 g/mol. The van der Waals surface area contributed by atoms with Gasteiger partial charge in [0.05, 0.1) is 12.3 Å². The number of carbonyl (C=O) groups excluding carboxylic acids is 3. The first-order chi connectivity index (χ1) is 18.0. The van der Waals surface area contributed by atoms with Crippen LogP contribution in [-0.2, 0) is 19.1 Å². The number of hydrogen-bond acceptors (Lipinski definition) is 4. The van der Waals surface area contributed by atoms with Crippen molar-refractivity contribution in [3.8, 4) is 0 Å². The molecule has 208 valence electrons. The van der Waals surface area contributed by atoms with Gasteiger partial charge in [-0.1, -0.05) is 52.8 Å². The zero-order valence-electron chi connectivity index (χ0n) is 24.5. The second-order valence-electron chi connectivity index (χ2n) is 15.1. The second kappa shape index (κ2) is 7.33. The van der Waals surface area contributed by atoms with E-state index in [2.05, 4.69) is 44.4 Å². The van der Waals surface area contributed by atoms with E-state index in [4.69, 9.17) is 11.3 Å². The summed E-state index contributed by atoms with van der Waals surface area (Å²) in [5, 5.41) is 2.70. The molecule has 1 aliphatic heterocycles.